The lowest BCUT2D eigenvalue weighted by atomic mass is 9.84. The summed E-state index contributed by atoms with van der Waals surface area (Å²) in [6.07, 6.45) is 2.72. The summed E-state index contributed by atoms with van der Waals surface area (Å²) in [5.74, 6) is -0.336. The Morgan fingerprint density at radius 3 is 2.69 bits per heavy atom. The topological polar surface area (TPSA) is 68.3 Å². The molecule has 0 saturated carbocycles. The van der Waals surface area contributed by atoms with Crippen molar-refractivity contribution in [3.8, 4) is 0 Å². The molecule has 148 valence electrons. The summed E-state index contributed by atoms with van der Waals surface area (Å²) in [5.41, 5.74) is 5.07. The molecule has 4 rings (SSSR count). The van der Waals surface area contributed by atoms with Crippen molar-refractivity contribution in [2.45, 2.75) is 33.1 Å². The fourth-order valence-corrected chi connectivity index (χ4v) is 3.83. The van der Waals surface area contributed by atoms with Crippen molar-refractivity contribution in [1.82, 2.24) is 4.98 Å². The average molecular weight is 388 g/mol. The number of hydrogen-bond donors (Lipinski definition) is 1. The van der Waals surface area contributed by atoms with Gasteiger partial charge in [-0.25, -0.2) is 4.79 Å². The predicted octanol–water partition coefficient (Wildman–Crippen LogP) is 4.46. The van der Waals surface area contributed by atoms with Crippen LogP contribution in [0.4, 0.5) is 5.69 Å². The molecule has 0 aliphatic heterocycles. The maximum Gasteiger partial charge on any atom is 0.339 e. The van der Waals surface area contributed by atoms with Gasteiger partial charge in [-0.3, -0.25) is 9.78 Å². The Morgan fingerprint density at radius 1 is 1.14 bits per heavy atom. The van der Waals surface area contributed by atoms with E-state index in [-0.39, 0.29) is 12.5 Å². The Bertz CT molecular complexity index is 1070. The van der Waals surface area contributed by atoms with Gasteiger partial charge in [0.15, 0.2) is 6.61 Å². The number of ether oxygens (including phenoxy) is 1. The number of rotatable bonds is 4. The second-order valence-electron chi connectivity index (χ2n) is 7.77. The monoisotopic (exact) mass is 388 g/mol. The number of nitrogens with one attached hydrogen (secondary N) is 1. The summed E-state index contributed by atoms with van der Waals surface area (Å²) in [5, 5.41) is 3.54. The van der Waals surface area contributed by atoms with Crippen LogP contribution in [0.2, 0.25) is 0 Å². The van der Waals surface area contributed by atoms with Gasteiger partial charge in [0.2, 0.25) is 0 Å². The molecular formula is C24H24N2O3. The maximum atomic E-state index is 13.0. The van der Waals surface area contributed by atoms with Gasteiger partial charge in [-0.05, 0) is 55.9 Å². The number of pyridine rings is 1. The molecule has 0 bridgehead atoms. The van der Waals surface area contributed by atoms with Crippen LogP contribution in [0.1, 0.15) is 40.5 Å². The first-order chi connectivity index (χ1) is 14.0. The Labute approximate surface area is 170 Å². The molecule has 1 unspecified atom stereocenters. The number of carbonyl (C=O) groups excluding carboxylic acids is 2. The van der Waals surface area contributed by atoms with Crippen LogP contribution in [-0.4, -0.2) is 23.5 Å². The van der Waals surface area contributed by atoms with E-state index in [1.165, 1.54) is 0 Å². The zero-order valence-electron chi connectivity index (χ0n) is 16.7. The molecule has 1 amide bonds. The SMILES string of the molecule is Cc1ccc(NC(=O)COC(=O)c2c3c(nc4ccccc24)CCC(C)C3)cc1. The zero-order chi connectivity index (χ0) is 20.4. The molecule has 0 radical (unpaired) electrons. The third-order valence-corrected chi connectivity index (χ3v) is 5.38. The van der Waals surface area contributed by atoms with Crippen LogP contribution < -0.4 is 5.32 Å². The van der Waals surface area contributed by atoms with Gasteiger partial charge < -0.3 is 10.1 Å². The van der Waals surface area contributed by atoms with Gasteiger partial charge in [-0.1, -0.05) is 42.8 Å². The summed E-state index contributed by atoms with van der Waals surface area (Å²) >= 11 is 0. The third-order valence-electron chi connectivity index (χ3n) is 5.38. The van der Waals surface area contributed by atoms with Crippen LogP contribution in [0.15, 0.2) is 48.5 Å². The van der Waals surface area contributed by atoms with Crippen molar-refractivity contribution in [2.24, 2.45) is 5.92 Å². The van der Waals surface area contributed by atoms with E-state index < -0.39 is 5.97 Å². The minimum Gasteiger partial charge on any atom is -0.452 e. The Morgan fingerprint density at radius 2 is 1.90 bits per heavy atom. The molecular weight excluding hydrogens is 364 g/mol. The van der Waals surface area contributed by atoms with E-state index in [1.54, 1.807) is 0 Å². The van der Waals surface area contributed by atoms with Gasteiger partial charge in [0.1, 0.15) is 0 Å². The highest BCUT2D eigenvalue weighted by Gasteiger charge is 2.26. The van der Waals surface area contributed by atoms with Crippen LogP contribution in [-0.2, 0) is 22.4 Å². The van der Waals surface area contributed by atoms with Crippen molar-refractivity contribution >= 4 is 28.5 Å². The van der Waals surface area contributed by atoms with Gasteiger partial charge in [-0.2, -0.15) is 0 Å². The van der Waals surface area contributed by atoms with E-state index in [0.717, 1.165) is 47.0 Å². The van der Waals surface area contributed by atoms with Crippen molar-refractivity contribution in [1.29, 1.82) is 0 Å². The molecule has 1 atom stereocenters. The maximum absolute atomic E-state index is 13.0. The van der Waals surface area contributed by atoms with Gasteiger partial charge >= 0.3 is 5.97 Å². The quantitative estimate of drug-likeness (QED) is 0.670. The molecule has 0 spiro atoms. The number of carbonyl (C=O) groups is 2. The highest BCUT2D eigenvalue weighted by Crippen LogP contribution is 2.32. The summed E-state index contributed by atoms with van der Waals surface area (Å²) in [6.45, 7) is 3.84. The molecule has 3 aromatic rings. The predicted molar refractivity (Wildman–Crippen MR) is 113 cm³/mol. The highest BCUT2D eigenvalue weighted by atomic mass is 16.5. The van der Waals surface area contributed by atoms with Gasteiger partial charge in [0.25, 0.3) is 5.91 Å². The van der Waals surface area contributed by atoms with E-state index in [1.807, 2.05) is 55.5 Å². The number of esters is 1. The zero-order valence-corrected chi connectivity index (χ0v) is 16.7. The lowest BCUT2D eigenvalue weighted by Crippen LogP contribution is -2.23. The lowest BCUT2D eigenvalue weighted by Gasteiger charge is -2.24. The molecule has 0 fully saturated rings. The number of nitrogens with zero attached hydrogens (tertiary/aromatic N) is 1. The van der Waals surface area contributed by atoms with Crippen LogP contribution in [0, 0.1) is 12.8 Å². The number of anilines is 1. The number of benzene rings is 2. The molecule has 5 heteroatoms. The molecule has 2 aromatic carbocycles. The third kappa shape index (κ3) is 4.14. The number of fused-ring (bicyclic) bond motifs is 2. The Kier molecular flexibility index (Phi) is 5.30. The van der Waals surface area contributed by atoms with Crippen LogP contribution in [0.3, 0.4) is 0 Å². The van der Waals surface area contributed by atoms with E-state index >= 15 is 0 Å². The van der Waals surface area contributed by atoms with Crippen molar-refractivity contribution in [3.05, 3.63) is 70.9 Å². The Hall–Kier alpha value is -3.21. The van der Waals surface area contributed by atoms with Crippen LogP contribution in [0.25, 0.3) is 10.9 Å². The number of para-hydroxylation sites is 1. The molecule has 1 aromatic heterocycles. The van der Waals surface area contributed by atoms with Crippen LogP contribution >= 0.6 is 0 Å². The second-order valence-corrected chi connectivity index (χ2v) is 7.77. The van der Waals surface area contributed by atoms with E-state index in [2.05, 4.69) is 12.2 Å². The first-order valence-corrected chi connectivity index (χ1v) is 9.95. The number of aromatic nitrogens is 1. The van der Waals surface area contributed by atoms with Crippen molar-refractivity contribution in [2.75, 3.05) is 11.9 Å². The second kappa shape index (κ2) is 8.03. The number of aryl methyl sites for hydroxylation is 2. The molecule has 0 saturated heterocycles. The minimum absolute atomic E-state index is 0.326. The smallest absolute Gasteiger partial charge is 0.339 e. The van der Waals surface area contributed by atoms with Gasteiger partial charge in [0, 0.05) is 16.8 Å². The first-order valence-electron chi connectivity index (χ1n) is 9.95. The standard InChI is InChI=1S/C24H24N2O3/c1-15-7-10-17(11-8-15)25-22(27)14-29-24(28)23-18-5-3-4-6-20(18)26-21-12-9-16(2)13-19(21)23/h3-8,10-11,16H,9,12-14H2,1-2H3,(H,25,27). The largest absolute Gasteiger partial charge is 0.452 e. The van der Waals surface area contributed by atoms with E-state index in [0.29, 0.717) is 17.2 Å². The first kappa shape index (κ1) is 19.1. The highest BCUT2D eigenvalue weighted by molar-refractivity contribution is 6.06. The molecule has 1 aliphatic carbocycles. The summed E-state index contributed by atoms with van der Waals surface area (Å²) in [4.78, 5) is 30.0. The van der Waals surface area contributed by atoms with E-state index in [4.69, 9.17) is 9.72 Å². The molecule has 1 aliphatic rings. The Balaban J connectivity index is 1.55. The van der Waals surface area contributed by atoms with Gasteiger partial charge in [0.05, 0.1) is 11.1 Å². The van der Waals surface area contributed by atoms with Crippen molar-refractivity contribution < 1.29 is 14.3 Å². The lowest BCUT2D eigenvalue weighted by molar-refractivity contribution is -0.119. The molecule has 1 heterocycles. The molecule has 5 nitrogen and oxygen atoms in total. The van der Waals surface area contributed by atoms with Crippen molar-refractivity contribution in [3.63, 3.8) is 0 Å². The van der Waals surface area contributed by atoms with Gasteiger partial charge in [-0.15, -0.1) is 0 Å². The van der Waals surface area contributed by atoms with E-state index in [9.17, 15) is 9.59 Å². The molecule has 29 heavy (non-hydrogen) atoms. The normalized spacial score (nSPS) is 15.6. The number of hydrogen-bond acceptors (Lipinski definition) is 4. The summed E-state index contributed by atoms with van der Waals surface area (Å²) < 4.78 is 5.42. The fourth-order valence-electron chi connectivity index (χ4n) is 3.83. The van der Waals surface area contributed by atoms with Crippen LogP contribution in [0.5, 0.6) is 0 Å². The average Bonchev–Trinajstić information content (AvgIpc) is 2.72. The molecule has 1 N–H and O–H groups in total. The summed E-state index contributed by atoms with van der Waals surface area (Å²) in [6, 6.07) is 15.1. The number of amides is 1. The minimum atomic E-state index is -0.465. The fraction of sp³-hybridized carbons (Fsp3) is 0.292. The summed E-state index contributed by atoms with van der Waals surface area (Å²) in [7, 11) is 0.